The molecule has 0 aliphatic carbocycles. The molecule has 4 nitrogen and oxygen atoms in total. The maximum absolute atomic E-state index is 10.7. The van der Waals surface area contributed by atoms with Crippen molar-refractivity contribution in [2.45, 2.75) is 18.9 Å². The first-order valence-electron chi connectivity index (χ1n) is 3.88. The van der Waals surface area contributed by atoms with Crippen LogP contribution >= 0.6 is 0 Å². The maximum Gasteiger partial charge on any atom is 0.407 e. The molecule has 64 valence electrons. The van der Waals surface area contributed by atoms with Gasteiger partial charge >= 0.3 is 6.09 Å². The molecule has 1 fully saturated rings. The minimum Gasteiger partial charge on any atom is -0.453 e. The van der Waals surface area contributed by atoms with Crippen LogP contribution in [0.3, 0.4) is 0 Å². The van der Waals surface area contributed by atoms with Crippen LogP contribution in [0.4, 0.5) is 4.79 Å². The molecular formula is C7H14N2O2. The lowest BCUT2D eigenvalue weighted by Gasteiger charge is -2.22. The summed E-state index contributed by atoms with van der Waals surface area (Å²) in [6.07, 6.45) is 1.83. The largest absolute Gasteiger partial charge is 0.453 e. The second-order valence-corrected chi connectivity index (χ2v) is 2.68. The van der Waals surface area contributed by atoms with E-state index in [0.717, 1.165) is 25.9 Å². The molecule has 0 bridgehead atoms. The van der Waals surface area contributed by atoms with Crippen LogP contribution in [0, 0.1) is 0 Å². The molecule has 1 aliphatic rings. The van der Waals surface area contributed by atoms with E-state index in [1.54, 1.807) is 0 Å². The summed E-state index contributed by atoms with van der Waals surface area (Å²) in [4.78, 5) is 10.7. The van der Waals surface area contributed by atoms with Gasteiger partial charge in [0.25, 0.3) is 0 Å². The van der Waals surface area contributed by atoms with Gasteiger partial charge in [-0.2, -0.15) is 0 Å². The first-order valence-corrected chi connectivity index (χ1v) is 3.88. The zero-order valence-corrected chi connectivity index (χ0v) is 6.72. The fourth-order valence-electron chi connectivity index (χ4n) is 1.20. The molecule has 0 aromatic heterocycles. The van der Waals surface area contributed by atoms with E-state index in [9.17, 15) is 4.79 Å². The molecule has 0 aromatic rings. The molecule has 0 saturated carbocycles. The lowest BCUT2D eigenvalue weighted by molar-refractivity contribution is 0.164. The lowest BCUT2D eigenvalue weighted by atomic mass is 10.1. The van der Waals surface area contributed by atoms with Crippen molar-refractivity contribution in [1.29, 1.82) is 0 Å². The van der Waals surface area contributed by atoms with Gasteiger partial charge in [0.2, 0.25) is 0 Å². The Balaban J connectivity index is 2.19. The van der Waals surface area contributed by atoms with Crippen molar-refractivity contribution in [3.8, 4) is 0 Å². The fourth-order valence-corrected chi connectivity index (χ4v) is 1.20. The number of rotatable bonds is 1. The summed E-state index contributed by atoms with van der Waals surface area (Å²) in [5.41, 5.74) is 0. The van der Waals surface area contributed by atoms with Crippen LogP contribution in [-0.4, -0.2) is 32.3 Å². The van der Waals surface area contributed by atoms with E-state index in [1.807, 2.05) is 0 Å². The third kappa shape index (κ3) is 2.76. The van der Waals surface area contributed by atoms with Crippen LogP contribution in [0.1, 0.15) is 12.8 Å². The molecule has 1 aliphatic heterocycles. The molecule has 1 heterocycles. The van der Waals surface area contributed by atoms with Gasteiger partial charge in [-0.05, 0) is 19.4 Å². The Morgan fingerprint density at radius 3 is 3.09 bits per heavy atom. The van der Waals surface area contributed by atoms with E-state index in [0.29, 0.717) is 0 Å². The van der Waals surface area contributed by atoms with Gasteiger partial charge in [-0.15, -0.1) is 0 Å². The Morgan fingerprint density at radius 2 is 2.55 bits per heavy atom. The lowest BCUT2D eigenvalue weighted by Crippen LogP contribution is -2.45. The predicted molar refractivity (Wildman–Crippen MR) is 41.4 cm³/mol. The fraction of sp³-hybridized carbons (Fsp3) is 0.857. The Labute approximate surface area is 66.3 Å². The van der Waals surface area contributed by atoms with Gasteiger partial charge < -0.3 is 15.4 Å². The average Bonchev–Trinajstić information content (AvgIpc) is 2.06. The topological polar surface area (TPSA) is 50.4 Å². The Kier molecular flexibility index (Phi) is 3.16. The maximum atomic E-state index is 10.7. The molecule has 1 saturated heterocycles. The number of methoxy groups -OCH3 is 1. The van der Waals surface area contributed by atoms with Crippen molar-refractivity contribution in [2.24, 2.45) is 0 Å². The third-order valence-corrected chi connectivity index (χ3v) is 1.80. The number of carbonyl (C=O) groups is 1. The zero-order valence-electron chi connectivity index (χ0n) is 6.72. The number of hydrogen-bond donors (Lipinski definition) is 2. The van der Waals surface area contributed by atoms with Crippen molar-refractivity contribution in [3.05, 3.63) is 0 Å². The molecule has 0 unspecified atom stereocenters. The minimum absolute atomic E-state index is 0.246. The van der Waals surface area contributed by atoms with Crippen LogP contribution in [0.5, 0.6) is 0 Å². The van der Waals surface area contributed by atoms with E-state index in [2.05, 4.69) is 15.4 Å². The van der Waals surface area contributed by atoms with Gasteiger partial charge in [0.1, 0.15) is 0 Å². The summed E-state index contributed by atoms with van der Waals surface area (Å²) in [6, 6.07) is 0.246. The Hall–Kier alpha value is -0.770. The number of hydrogen-bond acceptors (Lipinski definition) is 3. The summed E-state index contributed by atoms with van der Waals surface area (Å²) in [5, 5.41) is 5.94. The minimum atomic E-state index is -0.335. The monoisotopic (exact) mass is 158 g/mol. The Bertz CT molecular complexity index is 132. The molecule has 1 atom stereocenters. The number of amides is 1. The number of alkyl carbamates (subject to hydrolysis) is 1. The molecule has 2 N–H and O–H groups in total. The first kappa shape index (κ1) is 8.33. The van der Waals surface area contributed by atoms with Crippen molar-refractivity contribution < 1.29 is 9.53 Å². The van der Waals surface area contributed by atoms with Gasteiger partial charge in [-0.3, -0.25) is 0 Å². The van der Waals surface area contributed by atoms with E-state index in [1.165, 1.54) is 7.11 Å². The number of piperidine rings is 1. The summed E-state index contributed by atoms with van der Waals surface area (Å²) in [5.74, 6) is 0. The molecule has 11 heavy (non-hydrogen) atoms. The van der Waals surface area contributed by atoms with Crippen LogP contribution in [0.2, 0.25) is 0 Å². The number of ether oxygens (including phenoxy) is 1. The average molecular weight is 158 g/mol. The molecule has 4 heteroatoms. The van der Waals surface area contributed by atoms with Gasteiger partial charge in [0, 0.05) is 12.6 Å². The second-order valence-electron chi connectivity index (χ2n) is 2.68. The third-order valence-electron chi connectivity index (χ3n) is 1.80. The number of nitrogens with one attached hydrogen (secondary N) is 2. The smallest absolute Gasteiger partial charge is 0.407 e. The van der Waals surface area contributed by atoms with Gasteiger partial charge in [0.15, 0.2) is 0 Å². The molecule has 1 rings (SSSR count). The molecular weight excluding hydrogens is 144 g/mol. The second kappa shape index (κ2) is 4.18. The SMILES string of the molecule is COC(=O)N[C@H]1CCCNC1. The van der Waals surface area contributed by atoms with E-state index >= 15 is 0 Å². The molecule has 0 radical (unpaired) electrons. The van der Waals surface area contributed by atoms with E-state index in [4.69, 9.17) is 0 Å². The highest BCUT2D eigenvalue weighted by Crippen LogP contribution is 2.00. The highest BCUT2D eigenvalue weighted by atomic mass is 16.5. The molecule has 0 spiro atoms. The standard InChI is InChI=1S/C7H14N2O2/c1-11-7(10)9-6-3-2-4-8-5-6/h6,8H,2-5H2,1H3,(H,9,10)/t6-/m0/s1. The van der Waals surface area contributed by atoms with Crippen LogP contribution in [0.15, 0.2) is 0 Å². The van der Waals surface area contributed by atoms with Crippen molar-refractivity contribution in [2.75, 3.05) is 20.2 Å². The predicted octanol–water partition coefficient (Wildman–Crippen LogP) is 0.0944. The van der Waals surface area contributed by atoms with Crippen LogP contribution in [-0.2, 0) is 4.74 Å². The van der Waals surface area contributed by atoms with Crippen LogP contribution in [0.25, 0.3) is 0 Å². The van der Waals surface area contributed by atoms with E-state index < -0.39 is 0 Å². The Morgan fingerprint density at radius 1 is 1.73 bits per heavy atom. The normalized spacial score (nSPS) is 24.3. The summed E-state index contributed by atoms with van der Waals surface area (Å²) in [7, 11) is 1.38. The summed E-state index contributed by atoms with van der Waals surface area (Å²) >= 11 is 0. The number of carbonyl (C=O) groups excluding carboxylic acids is 1. The quantitative estimate of drug-likeness (QED) is 0.569. The summed E-state index contributed by atoms with van der Waals surface area (Å²) < 4.78 is 4.48. The van der Waals surface area contributed by atoms with Gasteiger partial charge in [0.05, 0.1) is 7.11 Å². The molecule has 0 aromatic carbocycles. The van der Waals surface area contributed by atoms with E-state index in [-0.39, 0.29) is 12.1 Å². The van der Waals surface area contributed by atoms with Crippen molar-refractivity contribution in [1.82, 2.24) is 10.6 Å². The van der Waals surface area contributed by atoms with Crippen LogP contribution < -0.4 is 10.6 Å². The van der Waals surface area contributed by atoms with Gasteiger partial charge in [-0.25, -0.2) is 4.79 Å². The van der Waals surface area contributed by atoms with Gasteiger partial charge in [-0.1, -0.05) is 0 Å². The highest BCUT2D eigenvalue weighted by molar-refractivity contribution is 5.67. The van der Waals surface area contributed by atoms with Crippen molar-refractivity contribution >= 4 is 6.09 Å². The molecule has 1 amide bonds. The highest BCUT2D eigenvalue weighted by Gasteiger charge is 2.14. The zero-order chi connectivity index (χ0) is 8.10. The summed E-state index contributed by atoms with van der Waals surface area (Å²) in [6.45, 7) is 1.91. The first-order chi connectivity index (χ1) is 5.33. The van der Waals surface area contributed by atoms with Crippen molar-refractivity contribution in [3.63, 3.8) is 0 Å².